The first kappa shape index (κ1) is 10.8. The van der Waals surface area contributed by atoms with Crippen LogP contribution in [0.4, 0.5) is 10.5 Å². The fourth-order valence-corrected chi connectivity index (χ4v) is 2.14. The summed E-state index contributed by atoms with van der Waals surface area (Å²) in [6.07, 6.45) is 6.26. The average molecular weight is 224 g/mol. The van der Waals surface area contributed by atoms with E-state index in [2.05, 4.69) is 5.10 Å². The number of rotatable bonds is 2. The van der Waals surface area contributed by atoms with Gasteiger partial charge in [0.1, 0.15) is 6.10 Å². The van der Waals surface area contributed by atoms with Gasteiger partial charge in [0.2, 0.25) is 0 Å². The van der Waals surface area contributed by atoms with Crippen LogP contribution >= 0.6 is 0 Å². The number of aromatic nitrogens is 2. The van der Waals surface area contributed by atoms with Crippen molar-refractivity contribution in [3.63, 3.8) is 0 Å². The predicted molar refractivity (Wildman–Crippen MR) is 58.6 cm³/mol. The molecule has 0 unspecified atom stereocenters. The number of carbonyl (C=O) groups excluding carboxylic acids is 1. The topological polar surface area (TPSA) is 96.2 Å². The fourth-order valence-electron chi connectivity index (χ4n) is 2.14. The van der Waals surface area contributed by atoms with Crippen molar-refractivity contribution in [1.29, 1.82) is 0 Å². The summed E-state index contributed by atoms with van der Waals surface area (Å²) in [6.45, 7) is 0. The van der Waals surface area contributed by atoms with Crippen molar-refractivity contribution in [3.8, 4) is 0 Å². The van der Waals surface area contributed by atoms with Crippen LogP contribution in [-0.4, -0.2) is 22.0 Å². The number of hydrogen-bond donors (Lipinski definition) is 2. The summed E-state index contributed by atoms with van der Waals surface area (Å²) in [7, 11) is 0. The zero-order chi connectivity index (χ0) is 11.5. The van der Waals surface area contributed by atoms with E-state index in [-0.39, 0.29) is 6.10 Å². The molecule has 0 atom stereocenters. The Balaban J connectivity index is 1.87. The maximum atomic E-state index is 10.6. The summed E-state index contributed by atoms with van der Waals surface area (Å²) in [5, 5.41) is 4.18. The normalized spacial score (nSPS) is 25.2. The molecular formula is C10H16N4O2. The number of amides is 1. The Bertz CT molecular complexity index is 369. The first-order valence-electron chi connectivity index (χ1n) is 5.41. The zero-order valence-corrected chi connectivity index (χ0v) is 9.00. The molecule has 0 bridgehead atoms. The summed E-state index contributed by atoms with van der Waals surface area (Å²) < 4.78 is 6.85. The van der Waals surface area contributed by atoms with Crippen LogP contribution in [0.3, 0.4) is 0 Å². The van der Waals surface area contributed by atoms with Gasteiger partial charge in [-0.3, -0.25) is 4.68 Å². The maximum absolute atomic E-state index is 10.6. The van der Waals surface area contributed by atoms with Crippen molar-refractivity contribution in [2.24, 2.45) is 5.73 Å². The lowest BCUT2D eigenvalue weighted by molar-refractivity contribution is 0.0709. The molecular weight excluding hydrogens is 208 g/mol. The summed E-state index contributed by atoms with van der Waals surface area (Å²) in [4.78, 5) is 10.6. The first-order chi connectivity index (χ1) is 7.65. The number of primary amides is 1. The van der Waals surface area contributed by atoms with Gasteiger partial charge in [-0.2, -0.15) is 5.10 Å². The second-order valence-electron chi connectivity index (χ2n) is 4.12. The van der Waals surface area contributed by atoms with Gasteiger partial charge in [0.15, 0.2) is 0 Å². The van der Waals surface area contributed by atoms with Crippen molar-refractivity contribution in [2.45, 2.75) is 37.8 Å². The molecule has 1 aliphatic rings. The van der Waals surface area contributed by atoms with Crippen LogP contribution in [0, 0.1) is 0 Å². The lowest BCUT2D eigenvalue weighted by Crippen LogP contribution is -2.28. The Morgan fingerprint density at radius 2 is 2.12 bits per heavy atom. The quantitative estimate of drug-likeness (QED) is 0.784. The number of hydrogen-bond acceptors (Lipinski definition) is 4. The molecule has 0 aliphatic heterocycles. The van der Waals surface area contributed by atoms with Gasteiger partial charge in [0.05, 0.1) is 17.9 Å². The Morgan fingerprint density at radius 1 is 1.44 bits per heavy atom. The van der Waals surface area contributed by atoms with Gasteiger partial charge in [-0.15, -0.1) is 0 Å². The minimum Gasteiger partial charge on any atom is -0.446 e. The molecule has 0 saturated heterocycles. The molecule has 1 saturated carbocycles. The SMILES string of the molecule is NC(=O)O[C@H]1CC[C@@H](n2cc(N)cn2)CC1. The highest BCUT2D eigenvalue weighted by atomic mass is 16.6. The highest BCUT2D eigenvalue weighted by Crippen LogP contribution is 2.29. The molecule has 0 aromatic carbocycles. The molecule has 6 heteroatoms. The second kappa shape index (κ2) is 4.42. The number of nitrogen functional groups attached to an aromatic ring is 1. The van der Waals surface area contributed by atoms with Crippen molar-refractivity contribution in [3.05, 3.63) is 12.4 Å². The molecule has 0 radical (unpaired) electrons. The molecule has 0 spiro atoms. The Morgan fingerprint density at radius 3 is 2.62 bits per heavy atom. The van der Waals surface area contributed by atoms with Crippen LogP contribution in [0.5, 0.6) is 0 Å². The van der Waals surface area contributed by atoms with E-state index in [1.807, 2.05) is 10.9 Å². The summed E-state index contributed by atoms with van der Waals surface area (Å²) in [6, 6.07) is 0.352. The largest absolute Gasteiger partial charge is 0.446 e. The monoisotopic (exact) mass is 224 g/mol. The third-order valence-corrected chi connectivity index (χ3v) is 2.92. The lowest BCUT2D eigenvalue weighted by Gasteiger charge is -2.27. The second-order valence-corrected chi connectivity index (χ2v) is 4.12. The van der Waals surface area contributed by atoms with Crippen LogP contribution in [0.15, 0.2) is 12.4 Å². The molecule has 1 fully saturated rings. The van der Waals surface area contributed by atoms with E-state index < -0.39 is 6.09 Å². The van der Waals surface area contributed by atoms with Crippen LogP contribution in [-0.2, 0) is 4.74 Å². The van der Waals surface area contributed by atoms with Gasteiger partial charge in [-0.05, 0) is 25.7 Å². The van der Waals surface area contributed by atoms with Gasteiger partial charge in [-0.1, -0.05) is 0 Å². The molecule has 1 aromatic rings. The minimum absolute atomic E-state index is 0.0401. The minimum atomic E-state index is -0.688. The van der Waals surface area contributed by atoms with Crippen LogP contribution < -0.4 is 11.5 Å². The summed E-state index contributed by atoms with van der Waals surface area (Å²) in [5.74, 6) is 0. The number of carbonyl (C=O) groups is 1. The van der Waals surface area contributed by atoms with Gasteiger partial charge in [0, 0.05) is 6.20 Å². The summed E-state index contributed by atoms with van der Waals surface area (Å²) >= 11 is 0. The number of ether oxygens (including phenoxy) is 1. The van der Waals surface area contributed by atoms with Crippen molar-refractivity contribution < 1.29 is 9.53 Å². The van der Waals surface area contributed by atoms with Gasteiger partial charge in [0.25, 0.3) is 0 Å². The fraction of sp³-hybridized carbons (Fsp3) is 0.600. The van der Waals surface area contributed by atoms with Gasteiger partial charge in [-0.25, -0.2) is 4.79 Å². The van der Waals surface area contributed by atoms with E-state index in [9.17, 15) is 4.79 Å². The predicted octanol–water partition coefficient (Wildman–Crippen LogP) is 1.04. The standard InChI is InChI=1S/C10H16N4O2/c11-7-5-13-14(6-7)8-1-3-9(4-2-8)16-10(12)15/h5-6,8-9H,1-4,11H2,(H2,12,15)/t8-,9+. The van der Waals surface area contributed by atoms with E-state index in [1.165, 1.54) is 0 Å². The molecule has 1 amide bonds. The highest BCUT2D eigenvalue weighted by Gasteiger charge is 2.24. The van der Waals surface area contributed by atoms with Gasteiger partial charge < -0.3 is 16.2 Å². The average Bonchev–Trinajstić information content (AvgIpc) is 2.65. The van der Waals surface area contributed by atoms with E-state index in [0.29, 0.717) is 11.7 Å². The molecule has 6 nitrogen and oxygen atoms in total. The maximum Gasteiger partial charge on any atom is 0.404 e. The molecule has 88 valence electrons. The smallest absolute Gasteiger partial charge is 0.404 e. The van der Waals surface area contributed by atoms with Crippen LogP contribution in [0.1, 0.15) is 31.7 Å². The third kappa shape index (κ3) is 2.44. The highest BCUT2D eigenvalue weighted by molar-refractivity contribution is 5.64. The van der Waals surface area contributed by atoms with Crippen LogP contribution in [0.2, 0.25) is 0 Å². The molecule has 1 heterocycles. The van der Waals surface area contributed by atoms with E-state index in [4.69, 9.17) is 16.2 Å². The van der Waals surface area contributed by atoms with Crippen LogP contribution in [0.25, 0.3) is 0 Å². The molecule has 2 rings (SSSR count). The number of anilines is 1. The third-order valence-electron chi connectivity index (χ3n) is 2.92. The summed E-state index contributed by atoms with van der Waals surface area (Å²) in [5.41, 5.74) is 11.3. The van der Waals surface area contributed by atoms with Crippen molar-refractivity contribution in [1.82, 2.24) is 9.78 Å². The van der Waals surface area contributed by atoms with E-state index in [1.54, 1.807) is 6.20 Å². The van der Waals surface area contributed by atoms with E-state index >= 15 is 0 Å². The number of nitrogens with zero attached hydrogens (tertiary/aromatic N) is 2. The first-order valence-corrected chi connectivity index (χ1v) is 5.41. The number of nitrogens with two attached hydrogens (primary N) is 2. The van der Waals surface area contributed by atoms with Crippen molar-refractivity contribution >= 4 is 11.8 Å². The molecule has 1 aromatic heterocycles. The molecule has 4 N–H and O–H groups in total. The van der Waals surface area contributed by atoms with Crippen molar-refractivity contribution in [2.75, 3.05) is 5.73 Å². The zero-order valence-electron chi connectivity index (χ0n) is 9.00. The molecule has 16 heavy (non-hydrogen) atoms. The Kier molecular flexibility index (Phi) is 2.98. The molecule has 1 aliphatic carbocycles. The Labute approximate surface area is 93.5 Å². The van der Waals surface area contributed by atoms with E-state index in [0.717, 1.165) is 25.7 Å². The van der Waals surface area contributed by atoms with Gasteiger partial charge >= 0.3 is 6.09 Å². The lowest BCUT2D eigenvalue weighted by atomic mass is 9.93. The Hall–Kier alpha value is -1.72.